The summed E-state index contributed by atoms with van der Waals surface area (Å²) in [5.41, 5.74) is 3.14. The standard InChI is InChI=1S/C17H18N4O2/c1-11(2)10-21-17(23)20-8-7-19(16(22)15(20)18-21)14-6-5-12(3)9-13(14)4/h5-9H,1,10H2,2-4H3. The second-order valence-corrected chi connectivity index (χ2v) is 5.85. The van der Waals surface area contributed by atoms with Crippen LogP contribution >= 0.6 is 0 Å². The summed E-state index contributed by atoms with van der Waals surface area (Å²) in [6, 6.07) is 5.86. The fourth-order valence-corrected chi connectivity index (χ4v) is 2.63. The number of rotatable bonds is 3. The number of allylic oxidation sites excluding steroid dienone is 1. The normalized spacial score (nSPS) is 11.1. The van der Waals surface area contributed by atoms with Gasteiger partial charge in [0.05, 0.1) is 12.2 Å². The number of hydrogen-bond donors (Lipinski definition) is 0. The Kier molecular flexibility index (Phi) is 3.52. The molecule has 2 aromatic heterocycles. The van der Waals surface area contributed by atoms with Gasteiger partial charge in [-0.3, -0.25) is 9.36 Å². The van der Waals surface area contributed by atoms with Gasteiger partial charge in [-0.25, -0.2) is 13.9 Å². The van der Waals surface area contributed by atoms with Gasteiger partial charge in [-0.15, -0.1) is 5.10 Å². The molecular formula is C17H18N4O2. The first kappa shape index (κ1) is 15.0. The van der Waals surface area contributed by atoms with Gasteiger partial charge in [-0.1, -0.05) is 29.8 Å². The van der Waals surface area contributed by atoms with Crippen LogP contribution in [0.1, 0.15) is 18.1 Å². The molecule has 0 atom stereocenters. The summed E-state index contributed by atoms with van der Waals surface area (Å²) in [5.74, 6) is 0. The van der Waals surface area contributed by atoms with Gasteiger partial charge in [0.2, 0.25) is 5.65 Å². The number of aromatic nitrogens is 4. The van der Waals surface area contributed by atoms with Crippen LogP contribution in [0.3, 0.4) is 0 Å². The van der Waals surface area contributed by atoms with Crippen molar-refractivity contribution in [1.82, 2.24) is 18.7 Å². The van der Waals surface area contributed by atoms with Crippen molar-refractivity contribution >= 4 is 5.65 Å². The lowest BCUT2D eigenvalue weighted by Crippen LogP contribution is -2.24. The van der Waals surface area contributed by atoms with Crippen molar-refractivity contribution in [1.29, 1.82) is 0 Å². The highest BCUT2D eigenvalue weighted by atomic mass is 16.2. The molecule has 0 aliphatic rings. The van der Waals surface area contributed by atoms with Crippen LogP contribution in [-0.2, 0) is 6.54 Å². The molecule has 0 N–H and O–H groups in total. The van der Waals surface area contributed by atoms with Crippen molar-refractivity contribution < 1.29 is 0 Å². The molecule has 0 aliphatic carbocycles. The second-order valence-electron chi connectivity index (χ2n) is 5.85. The van der Waals surface area contributed by atoms with Crippen LogP contribution in [0, 0.1) is 13.8 Å². The SMILES string of the molecule is C=C(C)Cn1nc2c(=O)n(-c3ccc(C)cc3C)ccn2c1=O. The van der Waals surface area contributed by atoms with E-state index in [0.29, 0.717) is 6.54 Å². The van der Waals surface area contributed by atoms with Crippen LogP contribution in [-0.4, -0.2) is 18.7 Å². The van der Waals surface area contributed by atoms with Crippen LogP contribution < -0.4 is 11.2 Å². The van der Waals surface area contributed by atoms with E-state index < -0.39 is 0 Å². The summed E-state index contributed by atoms with van der Waals surface area (Å²) >= 11 is 0. The summed E-state index contributed by atoms with van der Waals surface area (Å²) in [5, 5.41) is 4.16. The highest BCUT2D eigenvalue weighted by Gasteiger charge is 2.13. The first-order chi connectivity index (χ1) is 10.9. The highest BCUT2D eigenvalue weighted by Crippen LogP contribution is 2.13. The molecule has 0 aliphatic heterocycles. The first-order valence-electron chi connectivity index (χ1n) is 7.31. The van der Waals surface area contributed by atoms with E-state index in [-0.39, 0.29) is 16.9 Å². The maximum atomic E-state index is 12.7. The lowest BCUT2D eigenvalue weighted by molar-refractivity contribution is 0.651. The predicted molar refractivity (Wildman–Crippen MR) is 89.3 cm³/mol. The topological polar surface area (TPSA) is 61.3 Å². The molecule has 0 unspecified atom stereocenters. The summed E-state index contributed by atoms with van der Waals surface area (Å²) in [4.78, 5) is 25.0. The Bertz CT molecular complexity index is 1040. The van der Waals surface area contributed by atoms with E-state index in [4.69, 9.17) is 0 Å². The van der Waals surface area contributed by atoms with Crippen LogP contribution in [0.4, 0.5) is 0 Å². The van der Waals surface area contributed by atoms with E-state index >= 15 is 0 Å². The molecule has 0 fully saturated rings. The van der Waals surface area contributed by atoms with Gasteiger partial charge in [-0.05, 0) is 32.4 Å². The molecule has 3 rings (SSSR count). The smallest absolute Gasteiger partial charge is 0.279 e. The molecule has 2 heterocycles. The molecule has 6 nitrogen and oxygen atoms in total. The van der Waals surface area contributed by atoms with Crippen molar-refractivity contribution in [3.05, 3.63) is 74.7 Å². The van der Waals surface area contributed by atoms with Crippen LogP contribution in [0.25, 0.3) is 11.3 Å². The van der Waals surface area contributed by atoms with Gasteiger partial charge in [-0.2, -0.15) is 0 Å². The molecule has 0 saturated carbocycles. The molecule has 0 amide bonds. The molecule has 0 saturated heterocycles. The Morgan fingerprint density at radius 1 is 1.22 bits per heavy atom. The average molecular weight is 310 g/mol. The highest BCUT2D eigenvalue weighted by molar-refractivity contribution is 5.45. The van der Waals surface area contributed by atoms with Crippen molar-refractivity contribution in [3.63, 3.8) is 0 Å². The van der Waals surface area contributed by atoms with Gasteiger partial charge < -0.3 is 0 Å². The van der Waals surface area contributed by atoms with Gasteiger partial charge in [0.25, 0.3) is 0 Å². The molecule has 3 aromatic rings. The third-order valence-electron chi connectivity index (χ3n) is 3.68. The number of fused-ring (bicyclic) bond motifs is 1. The van der Waals surface area contributed by atoms with Crippen LogP contribution in [0.2, 0.25) is 0 Å². The fourth-order valence-electron chi connectivity index (χ4n) is 2.63. The Hall–Kier alpha value is -2.89. The van der Waals surface area contributed by atoms with Crippen molar-refractivity contribution in [2.45, 2.75) is 27.3 Å². The van der Waals surface area contributed by atoms with Crippen molar-refractivity contribution in [2.75, 3.05) is 0 Å². The minimum Gasteiger partial charge on any atom is -0.279 e. The van der Waals surface area contributed by atoms with Crippen LogP contribution in [0.15, 0.2) is 52.3 Å². The lowest BCUT2D eigenvalue weighted by Gasteiger charge is -2.09. The Morgan fingerprint density at radius 3 is 2.61 bits per heavy atom. The van der Waals surface area contributed by atoms with E-state index in [2.05, 4.69) is 11.7 Å². The Balaban J connectivity index is 2.25. The third kappa shape index (κ3) is 2.52. The average Bonchev–Trinajstić information content (AvgIpc) is 2.78. The monoisotopic (exact) mass is 310 g/mol. The minimum atomic E-state index is -0.340. The maximum absolute atomic E-state index is 12.7. The zero-order valence-electron chi connectivity index (χ0n) is 13.4. The summed E-state index contributed by atoms with van der Waals surface area (Å²) < 4.78 is 4.04. The summed E-state index contributed by atoms with van der Waals surface area (Å²) in [6.45, 7) is 9.83. The first-order valence-corrected chi connectivity index (χ1v) is 7.31. The molecule has 1 aromatic carbocycles. The number of nitrogens with zero attached hydrogens (tertiary/aromatic N) is 4. The summed E-state index contributed by atoms with van der Waals surface area (Å²) in [6.07, 6.45) is 3.17. The third-order valence-corrected chi connectivity index (χ3v) is 3.68. The Morgan fingerprint density at radius 2 is 1.96 bits per heavy atom. The molecule has 23 heavy (non-hydrogen) atoms. The van der Waals surface area contributed by atoms with Crippen molar-refractivity contribution in [3.8, 4) is 5.69 Å². The molecule has 6 heteroatoms. The quantitative estimate of drug-likeness (QED) is 0.694. The van der Waals surface area contributed by atoms with Gasteiger partial charge in [0.15, 0.2) is 0 Å². The van der Waals surface area contributed by atoms with Crippen molar-refractivity contribution in [2.24, 2.45) is 0 Å². The van der Waals surface area contributed by atoms with E-state index in [1.54, 1.807) is 12.4 Å². The van der Waals surface area contributed by atoms with Gasteiger partial charge in [0, 0.05) is 12.4 Å². The zero-order chi connectivity index (χ0) is 16.7. The minimum absolute atomic E-state index is 0.110. The zero-order valence-corrected chi connectivity index (χ0v) is 13.4. The Labute approximate surface area is 132 Å². The van der Waals surface area contributed by atoms with E-state index in [9.17, 15) is 9.59 Å². The van der Waals surface area contributed by atoms with Gasteiger partial charge >= 0.3 is 11.2 Å². The number of aryl methyl sites for hydroxylation is 2. The van der Waals surface area contributed by atoms with Crippen LogP contribution in [0.5, 0.6) is 0 Å². The van der Waals surface area contributed by atoms with E-state index in [1.165, 1.54) is 13.6 Å². The van der Waals surface area contributed by atoms with E-state index in [0.717, 1.165) is 22.4 Å². The number of hydrogen-bond acceptors (Lipinski definition) is 3. The molecular weight excluding hydrogens is 292 g/mol. The molecule has 0 radical (unpaired) electrons. The largest absolute Gasteiger partial charge is 0.350 e. The molecule has 0 spiro atoms. The fraction of sp³-hybridized carbons (Fsp3) is 0.235. The summed E-state index contributed by atoms with van der Waals surface area (Å²) in [7, 11) is 0. The second kappa shape index (κ2) is 5.39. The lowest BCUT2D eigenvalue weighted by atomic mass is 10.1. The number of benzene rings is 1. The van der Waals surface area contributed by atoms with Gasteiger partial charge in [0.1, 0.15) is 0 Å². The predicted octanol–water partition coefficient (Wildman–Crippen LogP) is 1.84. The maximum Gasteiger partial charge on any atom is 0.350 e. The molecule has 118 valence electrons. The molecule has 0 bridgehead atoms. The van der Waals surface area contributed by atoms with E-state index in [1.807, 2.05) is 39.0 Å².